The smallest absolute Gasteiger partial charge is 0.269 e. The van der Waals surface area contributed by atoms with Crippen LogP contribution in [0.3, 0.4) is 0 Å². The number of thioether (sulfide) groups is 1. The van der Waals surface area contributed by atoms with E-state index >= 15 is 0 Å². The van der Waals surface area contributed by atoms with E-state index in [0.717, 1.165) is 5.56 Å². The first kappa shape index (κ1) is 26.9. The fraction of sp³-hybridized carbons (Fsp3) is 0.259. The number of rotatable bonds is 6. The molecule has 2 aromatic carbocycles. The quantitative estimate of drug-likeness (QED) is 0.202. The number of hydrogen-bond acceptors (Lipinski definition) is 10. The minimum absolute atomic E-state index is 0.0763. The van der Waals surface area contributed by atoms with Crippen molar-refractivity contribution in [1.82, 2.24) is 10.2 Å². The first-order valence-corrected chi connectivity index (χ1v) is 14.2. The molecule has 0 spiro atoms. The summed E-state index contributed by atoms with van der Waals surface area (Å²) in [5.74, 6) is -0.0469. The van der Waals surface area contributed by atoms with Gasteiger partial charge >= 0.3 is 0 Å². The molecule has 5 rings (SSSR count). The number of carbonyl (C=O) groups excluding carboxylic acids is 1. The molecule has 12 heteroatoms. The number of nitro groups is 1. The summed E-state index contributed by atoms with van der Waals surface area (Å²) >= 11 is 9.10. The van der Waals surface area contributed by atoms with E-state index in [1.807, 2.05) is 38.1 Å². The van der Waals surface area contributed by atoms with E-state index in [-0.39, 0.29) is 28.3 Å². The maximum Gasteiger partial charge on any atom is 0.269 e. The lowest BCUT2D eigenvalue weighted by Gasteiger charge is -2.42. The maximum absolute atomic E-state index is 13.6. The molecule has 0 unspecified atom stereocenters. The predicted octanol–water partition coefficient (Wildman–Crippen LogP) is 6.33. The van der Waals surface area contributed by atoms with Crippen molar-refractivity contribution in [2.45, 2.75) is 42.7 Å². The molecule has 2 aliphatic rings. The molecule has 0 fully saturated rings. The second kappa shape index (κ2) is 10.4. The molecule has 198 valence electrons. The first-order valence-electron chi connectivity index (χ1n) is 12.0. The van der Waals surface area contributed by atoms with Crippen molar-refractivity contribution in [2.24, 2.45) is 11.1 Å². The van der Waals surface area contributed by atoms with Crippen LogP contribution in [0.25, 0.3) is 0 Å². The van der Waals surface area contributed by atoms with Crippen molar-refractivity contribution >= 4 is 51.3 Å². The molecule has 1 aliphatic heterocycles. The lowest BCUT2D eigenvalue weighted by atomic mass is 9.68. The number of Topliss-reactive ketones (excluding diaryl/α,β-unsaturated/α-hetero) is 1. The molecule has 9 nitrogen and oxygen atoms in total. The highest BCUT2D eigenvalue weighted by atomic mass is 35.5. The van der Waals surface area contributed by atoms with Gasteiger partial charge in [0.2, 0.25) is 5.13 Å². The average Bonchev–Trinajstić information content (AvgIpc) is 3.35. The lowest BCUT2D eigenvalue weighted by molar-refractivity contribution is -0.384. The number of non-ortho nitro benzene ring substituents is 1. The summed E-state index contributed by atoms with van der Waals surface area (Å²) in [5.41, 5.74) is 9.13. The highest BCUT2D eigenvalue weighted by Gasteiger charge is 2.45. The molecule has 1 aromatic heterocycles. The van der Waals surface area contributed by atoms with Crippen molar-refractivity contribution in [3.8, 4) is 6.07 Å². The van der Waals surface area contributed by atoms with Gasteiger partial charge in [0.05, 0.1) is 22.5 Å². The minimum atomic E-state index is -0.729. The van der Waals surface area contributed by atoms with Gasteiger partial charge in [0.1, 0.15) is 5.82 Å². The molecular formula is C27H23ClN6O3S2. The van der Waals surface area contributed by atoms with Gasteiger partial charge in [0, 0.05) is 40.6 Å². The molecule has 2 heterocycles. The molecule has 2 N–H and O–H groups in total. The molecule has 0 saturated heterocycles. The van der Waals surface area contributed by atoms with E-state index in [4.69, 9.17) is 17.3 Å². The Kier molecular flexibility index (Phi) is 7.20. The fourth-order valence-corrected chi connectivity index (χ4v) is 7.12. The molecule has 3 aromatic rings. The molecule has 0 amide bonds. The normalized spacial score (nSPS) is 18.7. The zero-order chi connectivity index (χ0) is 27.9. The molecule has 0 bridgehead atoms. The Bertz CT molecular complexity index is 1590. The van der Waals surface area contributed by atoms with Crippen LogP contribution in [0, 0.1) is 26.9 Å². The number of nitro benzene ring substituents is 1. The van der Waals surface area contributed by atoms with Crippen LogP contribution < -0.4 is 10.6 Å². The highest BCUT2D eigenvalue weighted by molar-refractivity contribution is 8.00. The number of allylic oxidation sites excluding steroid dienone is 3. The van der Waals surface area contributed by atoms with Gasteiger partial charge in [-0.15, -0.1) is 10.2 Å². The number of nitriles is 1. The number of halogens is 1. The largest absolute Gasteiger partial charge is 0.384 e. The van der Waals surface area contributed by atoms with Crippen molar-refractivity contribution in [3.63, 3.8) is 0 Å². The Morgan fingerprint density at radius 1 is 1.23 bits per heavy atom. The summed E-state index contributed by atoms with van der Waals surface area (Å²) in [5, 5.41) is 31.3. The standard InChI is InChI=1S/C27H23ClN6O3S2/c1-27(2)11-20-23(21(35)12-27)22(15-7-9-17(10-8-15)34(36)37)18(13-29)24(30)33(20)25-31-32-26(39-25)38-14-16-5-3-4-6-19(16)28/h3-10,22H,11-12,14,30H2,1-2H3/t22-/m0/s1. The fourth-order valence-electron chi connectivity index (χ4n) is 4.96. The zero-order valence-corrected chi connectivity index (χ0v) is 23.4. The molecular weight excluding hydrogens is 556 g/mol. The molecule has 0 radical (unpaired) electrons. The summed E-state index contributed by atoms with van der Waals surface area (Å²) in [4.78, 5) is 26.0. The van der Waals surface area contributed by atoms with Gasteiger partial charge in [-0.2, -0.15) is 5.26 Å². The number of nitrogens with zero attached hydrogens (tertiary/aromatic N) is 5. The third-order valence-corrected chi connectivity index (χ3v) is 9.17. The summed E-state index contributed by atoms with van der Waals surface area (Å²) in [6, 6.07) is 15.7. The Labute approximate surface area is 238 Å². The Morgan fingerprint density at radius 3 is 2.62 bits per heavy atom. The van der Waals surface area contributed by atoms with Gasteiger partial charge in [-0.05, 0) is 29.0 Å². The number of ketones is 1. The summed E-state index contributed by atoms with van der Waals surface area (Å²) < 4.78 is 0.692. The number of anilines is 1. The van der Waals surface area contributed by atoms with Crippen LogP contribution in [0.5, 0.6) is 0 Å². The Morgan fingerprint density at radius 2 is 1.95 bits per heavy atom. The van der Waals surface area contributed by atoms with E-state index in [0.29, 0.717) is 49.9 Å². The van der Waals surface area contributed by atoms with E-state index in [2.05, 4.69) is 16.3 Å². The van der Waals surface area contributed by atoms with Crippen LogP contribution in [0.1, 0.15) is 43.7 Å². The van der Waals surface area contributed by atoms with Crippen LogP contribution >= 0.6 is 34.7 Å². The van der Waals surface area contributed by atoms with E-state index in [1.54, 1.807) is 17.0 Å². The van der Waals surface area contributed by atoms with Gasteiger partial charge in [-0.1, -0.05) is 78.9 Å². The van der Waals surface area contributed by atoms with Gasteiger partial charge < -0.3 is 5.73 Å². The minimum Gasteiger partial charge on any atom is -0.384 e. The van der Waals surface area contributed by atoms with E-state index in [9.17, 15) is 20.2 Å². The average molecular weight is 579 g/mol. The molecule has 1 aliphatic carbocycles. The topological polar surface area (TPSA) is 139 Å². The second-order valence-corrected chi connectivity index (χ2v) is 12.6. The SMILES string of the molecule is CC1(C)CC(=O)C2=C(C1)N(c1nnc(SCc3ccccc3Cl)s1)C(N)=C(C#N)[C@@H]2c1ccc([N+](=O)[O-])cc1. The number of hydrogen-bond donors (Lipinski definition) is 1. The zero-order valence-electron chi connectivity index (χ0n) is 21.1. The van der Waals surface area contributed by atoms with Crippen molar-refractivity contribution in [3.05, 3.63) is 97.5 Å². The van der Waals surface area contributed by atoms with E-state index < -0.39 is 10.8 Å². The molecule has 0 saturated carbocycles. The van der Waals surface area contributed by atoms with Crippen LogP contribution in [0.2, 0.25) is 5.02 Å². The third-order valence-electron chi connectivity index (χ3n) is 6.71. The van der Waals surface area contributed by atoms with Crippen molar-refractivity contribution < 1.29 is 9.72 Å². The number of aromatic nitrogens is 2. The first-order chi connectivity index (χ1) is 18.6. The van der Waals surface area contributed by atoms with Crippen molar-refractivity contribution in [1.29, 1.82) is 5.26 Å². The maximum atomic E-state index is 13.6. The number of nitrogens with two attached hydrogens (primary N) is 1. The molecule has 39 heavy (non-hydrogen) atoms. The van der Waals surface area contributed by atoms with Crippen LogP contribution in [-0.2, 0) is 10.5 Å². The van der Waals surface area contributed by atoms with Crippen LogP contribution in [0.4, 0.5) is 10.8 Å². The Hall–Kier alpha value is -3.72. The predicted molar refractivity (Wildman–Crippen MR) is 151 cm³/mol. The van der Waals surface area contributed by atoms with Crippen LogP contribution in [-0.4, -0.2) is 20.9 Å². The van der Waals surface area contributed by atoms with Crippen molar-refractivity contribution in [2.75, 3.05) is 4.90 Å². The number of carbonyl (C=O) groups is 1. The monoisotopic (exact) mass is 578 g/mol. The van der Waals surface area contributed by atoms with Gasteiger partial charge in [-0.3, -0.25) is 19.8 Å². The Balaban J connectivity index is 1.57. The van der Waals surface area contributed by atoms with Gasteiger partial charge in [-0.25, -0.2) is 0 Å². The number of benzene rings is 2. The summed E-state index contributed by atoms with van der Waals surface area (Å²) in [6.07, 6.45) is 0.829. The van der Waals surface area contributed by atoms with Gasteiger partial charge in [0.15, 0.2) is 10.1 Å². The van der Waals surface area contributed by atoms with E-state index in [1.165, 1.54) is 35.2 Å². The van der Waals surface area contributed by atoms with Gasteiger partial charge in [0.25, 0.3) is 5.69 Å². The second-order valence-electron chi connectivity index (χ2n) is 10.1. The molecule has 1 atom stereocenters. The van der Waals surface area contributed by atoms with Crippen LogP contribution in [0.15, 0.2) is 75.5 Å². The highest BCUT2D eigenvalue weighted by Crippen LogP contribution is 2.51. The third kappa shape index (κ3) is 5.15. The summed E-state index contributed by atoms with van der Waals surface area (Å²) in [7, 11) is 0. The summed E-state index contributed by atoms with van der Waals surface area (Å²) in [6.45, 7) is 4.02. The lowest BCUT2D eigenvalue weighted by Crippen LogP contribution is -2.42.